The molecule has 9 heteroatoms. The summed E-state index contributed by atoms with van der Waals surface area (Å²) in [5.41, 5.74) is 0.357. The van der Waals surface area contributed by atoms with Crippen LogP contribution in [-0.2, 0) is 19.6 Å². The third-order valence-electron chi connectivity index (χ3n) is 5.05. The van der Waals surface area contributed by atoms with Gasteiger partial charge in [0.15, 0.2) is 6.61 Å². The first kappa shape index (κ1) is 19.6. The number of fused-ring (bicyclic) bond motifs is 1. The van der Waals surface area contributed by atoms with Crippen molar-refractivity contribution < 1.29 is 22.7 Å². The topological polar surface area (TPSA) is 105 Å². The second-order valence-corrected chi connectivity index (χ2v) is 8.93. The van der Waals surface area contributed by atoms with E-state index in [0.717, 1.165) is 6.42 Å². The molecule has 8 nitrogen and oxygen atoms in total. The number of carbonyl (C=O) groups is 2. The van der Waals surface area contributed by atoms with Gasteiger partial charge in [-0.25, -0.2) is 8.42 Å². The van der Waals surface area contributed by atoms with Crippen molar-refractivity contribution >= 4 is 27.5 Å². The summed E-state index contributed by atoms with van der Waals surface area (Å²) in [5, 5.41) is 5.58. The molecule has 1 aromatic carbocycles. The fourth-order valence-electron chi connectivity index (χ4n) is 3.19. The van der Waals surface area contributed by atoms with Crippen LogP contribution < -0.4 is 15.4 Å². The van der Waals surface area contributed by atoms with Crippen LogP contribution in [-0.4, -0.2) is 50.3 Å². The first-order valence-corrected chi connectivity index (χ1v) is 10.6. The average molecular weight is 395 g/mol. The van der Waals surface area contributed by atoms with Crippen LogP contribution in [0, 0.1) is 5.92 Å². The van der Waals surface area contributed by atoms with E-state index in [0.29, 0.717) is 37.4 Å². The molecule has 0 saturated carbocycles. The lowest BCUT2D eigenvalue weighted by molar-refractivity contribution is -0.126. The largest absolute Gasteiger partial charge is 0.482 e. The van der Waals surface area contributed by atoms with Crippen molar-refractivity contribution in [2.45, 2.75) is 44.0 Å². The highest BCUT2D eigenvalue weighted by Gasteiger charge is 2.33. The van der Waals surface area contributed by atoms with Crippen molar-refractivity contribution in [3.8, 4) is 5.75 Å². The number of anilines is 1. The summed E-state index contributed by atoms with van der Waals surface area (Å²) in [6.45, 7) is 4.47. The maximum atomic E-state index is 12.9. The molecule has 27 heavy (non-hydrogen) atoms. The number of piperidine rings is 1. The summed E-state index contributed by atoms with van der Waals surface area (Å²) in [6.07, 6.45) is 1.84. The van der Waals surface area contributed by atoms with E-state index in [1.807, 2.05) is 13.8 Å². The van der Waals surface area contributed by atoms with Crippen LogP contribution in [0.5, 0.6) is 5.75 Å². The van der Waals surface area contributed by atoms with Gasteiger partial charge in [-0.1, -0.05) is 6.92 Å². The number of nitrogens with zero attached hydrogens (tertiary/aromatic N) is 1. The van der Waals surface area contributed by atoms with E-state index in [2.05, 4.69) is 10.6 Å². The van der Waals surface area contributed by atoms with E-state index in [1.165, 1.54) is 16.4 Å². The van der Waals surface area contributed by atoms with Crippen molar-refractivity contribution in [1.29, 1.82) is 0 Å². The molecule has 0 unspecified atom stereocenters. The van der Waals surface area contributed by atoms with Gasteiger partial charge in [0, 0.05) is 25.0 Å². The molecular weight excluding hydrogens is 370 g/mol. The van der Waals surface area contributed by atoms with Crippen molar-refractivity contribution in [1.82, 2.24) is 9.62 Å². The quantitative estimate of drug-likeness (QED) is 0.783. The van der Waals surface area contributed by atoms with Crippen LogP contribution in [0.25, 0.3) is 0 Å². The van der Waals surface area contributed by atoms with Crippen LogP contribution in [0.15, 0.2) is 23.1 Å². The Bertz CT molecular complexity index is 831. The Hall–Kier alpha value is -2.13. The molecular formula is C18H25N3O5S. The number of rotatable bonds is 5. The second kappa shape index (κ2) is 7.85. The van der Waals surface area contributed by atoms with Crippen molar-refractivity contribution in [2.75, 3.05) is 25.0 Å². The summed E-state index contributed by atoms with van der Waals surface area (Å²) >= 11 is 0. The molecule has 0 aromatic heterocycles. The van der Waals surface area contributed by atoms with E-state index in [4.69, 9.17) is 4.74 Å². The summed E-state index contributed by atoms with van der Waals surface area (Å²) < 4.78 is 32.5. The summed E-state index contributed by atoms with van der Waals surface area (Å²) in [7, 11) is -3.70. The molecule has 0 bridgehead atoms. The molecule has 2 aliphatic rings. The van der Waals surface area contributed by atoms with Gasteiger partial charge in [-0.05, 0) is 44.4 Å². The lowest BCUT2D eigenvalue weighted by atomic mass is 9.97. The molecule has 1 aromatic rings. The minimum Gasteiger partial charge on any atom is -0.482 e. The van der Waals surface area contributed by atoms with Gasteiger partial charge in [-0.3, -0.25) is 9.59 Å². The zero-order valence-electron chi connectivity index (χ0n) is 15.5. The maximum Gasteiger partial charge on any atom is 0.262 e. The lowest BCUT2D eigenvalue weighted by Crippen LogP contribution is -2.44. The fraction of sp³-hybridized carbons (Fsp3) is 0.556. The molecule has 1 fully saturated rings. The lowest BCUT2D eigenvalue weighted by Gasteiger charge is -2.31. The highest BCUT2D eigenvalue weighted by atomic mass is 32.2. The van der Waals surface area contributed by atoms with Gasteiger partial charge in [-0.15, -0.1) is 0 Å². The molecule has 2 amide bonds. The standard InChI is InChI=1S/C18H25N3O5S/c1-3-12(2)19-18(23)13-6-8-21(9-7-13)27(24,25)14-4-5-16-15(10-14)20-17(22)11-26-16/h4-5,10,12-13H,3,6-9,11H2,1-2H3,(H,19,23)(H,20,22)/t12-/m0/s1. The smallest absolute Gasteiger partial charge is 0.262 e. The SMILES string of the molecule is CC[C@H](C)NC(=O)C1CCN(S(=O)(=O)c2ccc3c(c2)NC(=O)CO3)CC1. The Morgan fingerprint density at radius 3 is 2.74 bits per heavy atom. The number of ether oxygens (including phenoxy) is 1. The normalized spacial score (nSPS) is 19.6. The third-order valence-corrected chi connectivity index (χ3v) is 6.94. The molecule has 2 aliphatic heterocycles. The van der Waals surface area contributed by atoms with E-state index >= 15 is 0 Å². The Morgan fingerprint density at radius 1 is 1.37 bits per heavy atom. The van der Waals surface area contributed by atoms with Gasteiger partial charge in [0.2, 0.25) is 15.9 Å². The number of hydrogen-bond donors (Lipinski definition) is 2. The van der Waals surface area contributed by atoms with Gasteiger partial charge < -0.3 is 15.4 Å². The zero-order chi connectivity index (χ0) is 19.6. The number of carbonyl (C=O) groups excluding carboxylic acids is 2. The third kappa shape index (κ3) is 4.24. The second-order valence-electron chi connectivity index (χ2n) is 6.99. The van der Waals surface area contributed by atoms with Crippen molar-refractivity contribution in [2.24, 2.45) is 5.92 Å². The minimum absolute atomic E-state index is 0.00459. The number of nitrogens with one attached hydrogen (secondary N) is 2. The fourth-order valence-corrected chi connectivity index (χ4v) is 4.69. The minimum atomic E-state index is -3.70. The molecule has 2 heterocycles. The first-order valence-electron chi connectivity index (χ1n) is 9.18. The van der Waals surface area contributed by atoms with E-state index in [1.54, 1.807) is 6.07 Å². The van der Waals surface area contributed by atoms with E-state index in [9.17, 15) is 18.0 Å². The molecule has 3 rings (SSSR count). The van der Waals surface area contributed by atoms with Crippen LogP contribution >= 0.6 is 0 Å². The Kier molecular flexibility index (Phi) is 5.71. The molecule has 2 N–H and O–H groups in total. The summed E-state index contributed by atoms with van der Waals surface area (Å²) in [5.74, 6) is -0.0316. The van der Waals surface area contributed by atoms with Crippen molar-refractivity contribution in [3.63, 3.8) is 0 Å². The molecule has 0 aliphatic carbocycles. The maximum absolute atomic E-state index is 12.9. The van der Waals surface area contributed by atoms with Gasteiger partial charge >= 0.3 is 0 Å². The van der Waals surface area contributed by atoms with Gasteiger partial charge in [0.05, 0.1) is 10.6 Å². The van der Waals surface area contributed by atoms with Crippen LogP contribution in [0.1, 0.15) is 33.1 Å². The molecule has 1 atom stereocenters. The number of sulfonamides is 1. The number of benzene rings is 1. The Labute approximate surface area is 159 Å². The van der Waals surface area contributed by atoms with Gasteiger partial charge in [0.25, 0.3) is 5.91 Å². The summed E-state index contributed by atoms with van der Waals surface area (Å²) in [6, 6.07) is 4.57. The highest BCUT2D eigenvalue weighted by Crippen LogP contribution is 2.32. The van der Waals surface area contributed by atoms with E-state index in [-0.39, 0.29) is 35.3 Å². The van der Waals surface area contributed by atoms with Crippen LogP contribution in [0.2, 0.25) is 0 Å². The highest BCUT2D eigenvalue weighted by molar-refractivity contribution is 7.89. The predicted molar refractivity (Wildman–Crippen MR) is 99.9 cm³/mol. The van der Waals surface area contributed by atoms with Crippen LogP contribution in [0.3, 0.4) is 0 Å². The monoisotopic (exact) mass is 395 g/mol. The number of amides is 2. The average Bonchev–Trinajstić information content (AvgIpc) is 2.67. The van der Waals surface area contributed by atoms with Gasteiger partial charge in [-0.2, -0.15) is 4.31 Å². The summed E-state index contributed by atoms with van der Waals surface area (Å²) in [4.78, 5) is 23.8. The van der Waals surface area contributed by atoms with Gasteiger partial charge in [0.1, 0.15) is 5.75 Å². The Balaban J connectivity index is 1.68. The van der Waals surface area contributed by atoms with Crippen LogP contribution in [0.4, 0.5) is 5.69 Å². The predicted octanol–water partition coefficient (Wildman–Crippen LogP) is 1.33. The molecule has 0 spiro atoms. The first-order chi connectivity index (χ1) is 12.8. The Morgan fingerprint density at radius 2 is 2.07 bits per heavy atom. The van der Waals surface area contributed by atoms with E-state index < -0.39 is 10.0 Å². The van der Waals surface area contributed by atoms with Crippen molar-refractivity contribution in [3.05, 3.63) is 18.2 Å². The molecule has 0 radical (unpaired) electrons. The molecule has 1 saturated heterocycles. The zero-order valence-corrected chi connectivity index (χ0v) is 16.3. The number of hydrogen-bond acceptors (Lipinski definition) is 5. The molecule has 148 valence electrons.